The van der Waals surface area contributed by atoms with E-state index in [2.05, 4.69) is 33.8 Å². The van der Waals surface area contributed by atoms with Crippen LogP contribution in [0.15, 0.2) is 66.5 Å². The fourth-order valence-corrected chi connectivity index (χ4v) is 4.56. The molecule has 1 saturated heterocycles. The lowest BCUT2D eigenvalue weighted by Gasteiger charge is -2.24. The fraction of sp³-hybridized carbons (Fsp3) is 0.269. The zero-order valence-electron chi connectivity index (χ0n) is 18.1. The summed E-state index contributed by atoms with van der Waals surface area (Å²) in [6.45, 7) is 1.65. The Morgan fingerprint density at radius 3 is 3.00 bits per heavy atom. The van der Waals surface area contributed by atoms with Crippen molar-refractivity contribution in [3.63, 3.8) is 0 Å². The summed E-state index contributed by atoms with van der Waals surface area (Å²) >= 11 is 0. The molecule has 2 aliphatic heterocycles. The highest BCUT2D eigenvalue weighted by Gasteiger charge is 2.32. The van der Waals surface area contributed by atoms with Crippen molar-refractivity contribution in [3.05, 3.63) is 72.1 Å². The van der Waals surface area contributed by atoms with E-state index >= 15 is 0 Å². The van der Waals surface area contributed by atoms with Gasteiger partial charge < -0.3 is 10.2 Å². The average Bonchev–Trinajstić information content (AvgIpc) is 3.32. The Bertz CT molecular complexity index is 1280. The molecule has 0 radical (unpaired) electrons. The summed E-state index contributed by atoms with van der Waals surface area (Å²) in [5.74, 6) is -0.229. The van der Waals surface area contributed by atoms with E-state index in [-0.39, 0.29) is 17.5 Å². The van der Waals surface area contributed by atoms with Crippen LogP contribution in [0.25, 0.3) is 21.9 Å². The first-order chi connectivity index (χ1) is 16.1. The van der Waals surface area contributed by atoms with Gasteiger partial charge in [0.2, 0.25) is 0 Å². The number of amides is 1. The zero-order valence-corrected chi connectivity index (χ0v) is 18.1. The predicted octanol–water partition coefficient (Wildman–Crippen LogP) is 4.00. The average molecular weight is 442 g/mol. The third kappa shape index (κ3) is 4.30. The van der Waals surface area contributed by atoms with Crippen molar-refractivity contribution in [1.82, 2.24) is 15.2 Å². The van der Waals surface area contributed by atoms with E-state index in [9.17, 15) is 14.4 Å². The van der Waals surface area contributed by atoms with Gasteiger partial charge in [0.05, 0.1) is 17.2 Å². The summed E-state index contributed by atoms with van der Waals surface area (Å²) in [7, 11) is 0. The lowest BCUT2D eigenvalue weighted by molar-refractivity contribution is -0.127. The number of fused-ring (bicyclic) bond motifs is 1. The number of hydrogen-bond donors (Lipinski definition) is 2. The monoisotopic (exact) mass is 441 g/mol. The number of halogens is 1. The number of carbonyl (C=O) groups excluding carboxylic acids is 1. The number of nitrogens with one attached hydrogen (secondary N) is 2. The summed E-state index contributed by atoms with van der Waals surface area (Å²) in [6, 6.07) is 15.9. The molecular weight excluding hydrogens is 417 g/mol. The van der Waals surface area contributed by atoms with Crippen molar-refractivity contribution in [2.24, 2.45) is 0 Å². The van der Waals surface area contributed by atoms with E-state index < -0.39 is 6.30 Å². The second-order valence-corrected chi connectivity index (χ2v) is 8.46. The second-order valence-electron chi connectivity index (χ2n) is 8.46. The molecule has 2 N–H and O–H groups in total. The normalized spacial score (nSPS) is 20.4. The molecule has 1 fully saturated rings. The number of pyridine rings is 1. The minimum absolute atomic E-state index is 0.0493. The van der Waals surface area contributed by atoms with Gasteiger partial charge in [-0.3, -0.25) is 15.1 Å². The van der Waals surface area contributed by atoms with Crippen molar-refractivity contribution >= 4 is 22.4 Å². The number of likely N-dealkylation sites (tertiary alicyclic amines) is 1. The van der Waals surface area contributed by atoms with E-state index in [0.29, 0.717) is 31.6 Å². The van der Waals surface area contributed by atoms with Gasteiger partial charge in [-0.1, -0.05) is 18.2 Å². The van der Waals surface area contributed by atoms with Crippen LogP contribution >= 0.6 is 0 Å². The Kier molecular flexibility index (Phi) is 5.76. The van der Waals surface area contributed by atoms with Crippen LogP contribution in [-0.4, -0.2) is 47.8 Å². The molecule has 166 valence electrons. The van der Waals surface area contributed by atoms with Gasteiger partial charge in [0.15, 0.2) is 6.30 Å². The fourth-order valence-electron chi connectivity index (χ4n) is 4.56. The summed E-state index contributed by atoms with van der Waals surface area (Å²) in [6.07, 6.45) is 5.35. The van der Waals surface area contributed by atoms with Crippen molar-refractivity contribution in [3.8, 4) is 17.2 Å². The maximum absolute atomic E-state index is 14.2. The van der Waals surface area contributed by atoms with Crippen LogP contribution < -0.4 is 10.6 Å². The first-order valence-electron chi connectivity index (χ1n) is 11.1. The van der Waals surface area contributed by atoms with Gasteiger partial charge in [0.1, 0.15) is 0 Å². The third-order valence-electron chi connectivity index (χ3n) is 6.27. The molecule has 0 saturated carbocycles. The second kappa shape index (κ2) is 9.00. The Morgan fingerprint density at radius 1 is 1.24 bits per heavy atom. The zero-order chi connectivity index (χ0) is 22.8. The van der Waals surface area contributed by atoms with Gasteiger partial charge in [0, 0.05) is 49.1 Å². The minimum Gasteiger partial charge on any atom is -0.380 e. The lowest BCUT2D eigenvalue weighted by atomic mass is 9.99. The smallest absolute Gasteiger partial charge is 0.253 e. The molecule has 2 atom stereocenters. The molecule has 0 spiro atoms. The lowest BCUT2D eigenvalue weighted by Crippen LogP contribution is -2.40. The summed E-state index contributed by atoms with van der Waals surface area (Å²) < 4.78 is 14.2. The van der Waals surface area contributed by atoms with Gasteiger partial charge in [-0.2, -0.15) is 5.26 Å². The third-order valence-corrected chi connectivity index (χ3v) is 6.27. The van der Waals surface area contributed by atoms with Gasteiger partial charge in [-0.05, 0) is 59.7 Å². The van der Waals surface area contributed by atoms with E-state index in [4.69, 9.17) is 0 Å². The highest BCUT2D eigenvalue weighted by atomic mass is 19.1. The van der Waals surface area contributed by atoms with Crippen LogP contribution in [0, 0.1) is 11.3 Å². The number of anilines is 1. The molecule has 33 heavy (non-hydrogen) atoms. The number of benzene rings is 2. The van der Waals surface area contributed by atoms with Crippen LogP contribution in [0.3, 0.4) is 0 Å². The highest BCUT2D eigenvalue weighted by molar-refractivity contribution is 5.98. The molecule has 3 aromatic rings. The van der Waals surface area contributed by atoms with E-state index in [1.165, 1.54) is 0 Å². The van der Waals surface area contributed by atoms with Gasteiger partial charge in [-0.25, -0.2) is 4.39 Å². The summed E-state index contributed by atoms with van der Waals surface area (Å²) in [5.41, 5.74) is 3.72. The molecule has 0 aliphatic carbocycles. The van der Waals surface area contributed by atoms with Crippen LogP contribution in [-0.2, 0) is 4.79 Å². The number of alkyl halides is 1. The van der Waals surface area contributed by atoms with Gasteiger partial charge in [0.25, 0.3) is 5.91 Å². The number of nitrogens with zero attached hydrogens (tertiary/aromatic N) is 3. The quantitative estimate of drug-likeness (QED) is 0.598. The molecule has 6 nitrogen and oxygen atoms in total. The molecule has 5 rings (SSSR count). The predicted molar refractivity (Wildman–Crippen MR) is 126 cm³/mol. The highest BCUT2D eigenvalue weighted by Crippen LogP contribution is 2.32. The minimum atomic E-state index is -1.39. The Balaban J connectivity index is 1.40. The Morgan fingerprint density at radius 2 is 2.15 bits per heavy atom. The van der Waals surface area contributed by atoms with Gasteiger partial charge >= 0.3 is 0 Å². The first kappa shape index (κ1) is 21.1. The number of aromatic nitrogens is 1. The van der Waals surface area contributed by atoms with E-state index in [1.54, 1.807) is 23.2 Å². The number of hydrogen-bond acceptors (Lipinski definition) is 5. The molecule has 2 aliphatic rings. The Hall–Kier alpha value is -3.76. The molecule has 2 aromatic carbocycles. The van der Waals surface area contributed by atoms with Crippen LogP contribution in [0.5, 0.6) is 0 Å². The number of nitriles is 1. The van der Waals surface area contributed by atoms with Crippen molar-refractivity contribution in [2.45, 2.75) is 25.2 Å². The summed E-state index contributed by atoms with van der Waals surface area (Å²) in [4.78, 5) is 18.8. The van der Waals surface area contributed by atoms with Crippen molar-refractivity contribution < 1.29 is 9.18 Å². The number of rotatable bonds is 4. The maximum Gasteiger partial charge on any atom is 0.253 e. The molecule has 2 unspecified atom stereocenters. The van der Waals surface area contributed by atoms with Crippen LogP contribution in [0.2, 0.25) is 0 Å². The van der Waals surface area contributed by atoms with Crippen molar-refractivity contribution in [2.75, 3.05) is 25.0 Å². The molecular formula is C26H24FN5O. The number of carbonyl (C=O) groups is 1. The largest absolute Gasteiger partial charge is 0.380 e. The van der Waals surface area contributed by atoms with Crippen LogP contribution in [0.4, 0.5) is 10.1 Å². The first-order valence-corrected chi connectivity index (χ1v) is 11.1. The molecule has 3 heterocycles. The molecule has 1 amide bonds. The standard InChI is InChI=1S/C26H24FN5O/c27-25-22(5-2-8-30-25)26(33)32-10-7-21(16-32)31-24-13-20(12-19-6-9-29-15-23(19)24)18-4-1-3-17(11-18)14-28/h1,3-6,9,11-13,15,21,25,30-31H,2,7-8,10,16H2. The molecule has 1 aromatic heterocycles. The summed E-state index contributed by atoms with van der Waals surface area (Å²) in [5, 5.41) is 17.6. The Labute approximate surface area is 191 Å². The molecule has 0 bridgehead atoms. The van der Waals surface area contributed by atoms with E-state index in [1.807, 2.05) is 30.5 Å². The van der Waals surface area contributed by atoms with E-state index in [0.717, 1.165) is 34.0 Å². The topological polar surface area (TPSA) is 81.0 Å². The maximum atomic E-state index is 14.2. The van der Waals surface area contributed by atoms with Gasteiger partial charge in [-0.15, -0.1) is 0 Å². The SMILES string of the molecule is N#Cc1cccc(-c2cc(NC3CCN(C(=O)C4=CCCNC4F)C3)c3cnccc3c2)c1. The van der Waals surface area contributed by atoms with Crippen LogP contribution in [0.1, 0.15) is 18.4 Å². The molecule has 7 heteroatoms. The van der Waals surface area contributed by atoms with Crippen molar-refractivity contribution in [1.29, 1.82) is 5.26 Å².